The van der Waals surface area contributed by atoms with Gasteiger partial charge in [0.1, 0.15) is 11.9 Å². The van der Waals surface area contributed by atoms with Crippen molar-refractivity contribution < 1.29 is 23.8 Å². The van der Waals surface area contributed by atoms with E-state index in [2.05, 4.69) is 10.2 Å². The molecule has 0 bridgehead atoms. The summed E-state index contributed by atoms with van der Waals surface area (Å²) in [7, 11) is 0. The van der Waals surface area contributed by atoms with E-state index >= 15 is 0 Å². The first-order chi connectivity index (χ1) is 11.1. The van der Waals surface area contributed by atoms with Crippen LogP contribution in [-0.4, -0.2) is 73.6 Å². The number of nitrogens with one attached hydrogen (secondary N) is 1. The number of carbonyl (C=O) groups is 1. The van der Waals surface area contributed by atoms with Gasteiger partial charge >= 0.3 is 0 Å². The molecule has 3 rings (SSSR count). The Bertz CT molecular complexity index is 551. The highest BCUT2D eigenvalue weighted by Gasteiger charge is 2.37. The molecule has 2 heterocycles. The maximum atomic E-state index is 13.2. The molecular formula is C16H21FN2O4. The van der Waals surface area contributed by atoms with Crippen LogP contribution in [0.15, 0.2) is 24.3 Å². The summed E-state index contributed by atoms with van der Waals surface area (Å²) in [4.78, 5) is 14.3. The number of amides is 1. The van der Waals surface area contributed by atoms with Crippen LogP contribution < -0.4 is 5.32 Å². The molecule has 0 aliphatic carbocycles. The predicted octanol–water partition coefficient (Wildman–Crippen LogP) is 0.0160. The van der Waals surface area contributed by atoms with Crippen molar-refractivity contribution in [2.45, 2.75) is 18.2 Å². The third kappa shape index (κ3) is 4.06. The Morgan fingerprint density at radius 1 is 1.39 bits per heavy atom. The third-order valence-corrected chi connectivity index (χ3v) is 4.23. The van der Waals surface area contributed by atoms with E-state index in [9.17, 15) is 14.3 Å². The molecule has 7 heteroatoms. The third-order valence-electron chi connectivity index (χ3n) is 4.23. The molecule has 2 aliphatic rings. The van der Waals surface area contributed by atoms with Crippen molar-refractivity contribution in [1.29, 1.82) is 0 Å². The zero-order valence-corrected chi connectivity index (χ0v) is 12.8. The molecule has 23 heavy (non-hydrogen) atoms. The Morgan fingerprint density at radius 3 is 2.91 bits per heavy atom. The zero-order chi connectivity index (χ0) is 16.2. The van der Waals surface area contributed by atoms with Crippen LogP contribution in [0.25, 0.3) is 0 Å². The molecule has 3 atom stereocenters. The summed E-state index contributed by atoms with van der Waals surface area (Å²) in [5.74, 6) is -0.879. The lowest BCUT2D eigenvalue weighted by Gasteiger charge is -2.29. The standard InChI is InChI=1S/C16H21FN2O4/c17-12-3-1-2-11(8-12)16(21)18-13-10-23-14(15(13)20)9-19-4-6-22-7-5-19/h1-3,8,13-15,20H,4-7,9-10H2,(H,18,21). The van der Waals surface area contributed by atoms with Crippen molar-refractivity contribution in [2.24, 2.45) is 0 Å². The van der Waals surface area contributed by atoms with Crippen LogP contribution in [0.1, 0.15) is 10.4 Å². The summed E-state index contributed by atoms with van der Waals surface area (Å²) < 4.78 is 24.1. The molecular weight excluding hydrogens is 303 g/mol. The lowest BCUT2D eigenvalue weighted by molar-refractivity contribution is -0.0180. The average Bonchev–Trinajstić information content (AvgIpc) is 2.89. The fourth-order valence-electron chi connectivity index (χ4n) is 2.89. The molecule has 126 valence electrons. The lowest BCUT2D eigenvalue weighted by Crippen LogP contribution is -2.48. The second-order valence-electron chi connectivity index (χ2n) is 5.87. The van der Waals surface area contributed by atoms with Crippen LogP contribution in [0.5, 0.6) is 0 Å². The topological polar surface area (TPSA) is 71.0 Å². The zero-order valence-electron chi connectivity index (χ0n) is 12.8. The van der Waals surface area contributed by atoms with Crippen molar-refractivity contribution >= 4 is 5.91 Å². The van der Waals surface area contributed by atoms with Crippen LogP contribution in [0, 0.1) is 5.82 Å². The number of carbonyl (C=O) groups excluding carboxylic acids is 1. The summed E-state index contributed by atoms with van der Waals surface area (Å²) in [6, 6.07) is 4.97. The highest BCUT2D eigenvalue weighted by Crippen LogP contribution is 2.17. The first-order valence-electron chi connectivity index (χ1n) is 7.79. The van der Waals surface area contributed by atoms with E-state index in [0.717, 1.165) is 13.1 Å². The fraction of sp³-hybridized carbons (Fsp3) is 0.562. The Morgan fingerprint density at radius 2 is 2.17 bits per heavy atom. The molecule has 0 saturated carbocycles. The number of aliphatic hydroxyl groups excluding tert-OH is 1. The Kier molecular flexibility index (Phi) is 5.22. The molecule has 1 aromatic carbocycles. The van der Waals surface area contributed by atoms with Crippen LogP contribution >= 0.6 is 0 Å². The molecule has 0 spiro atoms. The van der Waals surface area contributed by atoms with E-state index in [1.54, 1.807) is 0 Å². The Balaban J connectivity index is 1.54. The quantitative estimate of drug-likeness (QED) is 0.817. The molecule has 1 amide bonds. The maximum absolute atomic E-state index is 13.2. The SMILES string of the molecule is O=C(NC1COC(CN2CCOCC2)C1O)c1cccc(F)c1. The number of hydrogen-bond acceptors (Lipinski definition) is 5. The number of ether oxygens (including phenoxy) is 2. The largest absolute Gasteiger partial charge is 0.388 e. The van der Waals surface area contributed by atoms with Gasteiger partial charge in [-0.1, -0.05) is 6.07 Å². The van der Waals surface area contributed by atoms with Crippen LogP contribution in [0.4, 0.5) is 4.39 Å². The van der Waals surface area contributed by atoms with E-state index in [0.29, 0.717) is 19.8 Å². The summed E-state index contributed by atoms with van der Waals surface area (Å²) in [5, 5.41) is 13.1. The van der Waals surface area contributed by atoms with Gasteiger partial charge in [0.25, 0.3) is 5.91 Å². The van der Waals surface area contributed by atoms with Gasteiger partial charge in [-0.25, -0.2) is 4.39 Å². The van der Waals surface area contributed by atoms with Crippen molar-refractivity contribution in [2.75, 3.05) is 39.5 Å². The lowest BCUT2D eigenvalue weighted by atomic mass is 10.1. The highest BCUT2D eigenvalue weighted by atomic mass is 19.1. The normalized spacial score (nSPS) is 28.7. The van der Waals surface area contributed by atoms with E-state index in [4.69, 9.17) is 9.47 Å². The van der Waals surface area contributed by atoms with Gasteiger partial charge in [-0.15, -0.1) is 0 Å². The second kappa shape index (κ2) is 7.35. The number of aliphatic hydroxyl groups is 1. The van der Waals surface area contributed by atoms with Gasteiger partial charge in [0.05, 0.1) is 32.0 Å². The van der Waals surface area contributed by atoms with Gasteiger partial charge in [0.15, 0.2) is 0 Å². The van der Waals surface area contributed by atoms with Gasteiger partial charge in [0.2, 0.25) is 0 Å². The number of benzene rings is 1. The molecule has 3 unspecified atom stereocenters. The van der Waals surface area contributed by atoms with Gasteiger partial charge in [-0.2, -0.15) is 0 Å². The molecule has 0 aromatic heterocycles. The average molecular weight is 324 g/mol. The molecule has 6 nitrogen and oxygen atoms in total. The number of nitrogens with zero attached hydrogens (tertiary/aromatic N) is 1. The molecule has 2 N–H and O–H groups in total. The number of hydrogen-bond donors (Lipinski definition) is 2. The Labute approximate surface area is 134 Å². The number of rotatable bonds is 4. The van der Waals surface area contributed by atoms with Crippen LogP contribution in [0.3, 0.4) is 0 Å². The monoisotopic (exact) mass is 324 g/mol. The Hall–Kier alpha value is -1.54. The smallest absolute Gasteiger partial charge is 0.251 e. The predicted molar refractivity (Wildman–Crippen MR) is 80.7 cm³/mol. The van der Waals surface area contributed by atoms with Crippen LogP contribution in [0.2, 0.25) is 0 Å². The number of halogens is 1. The minimum atomic E-state index is -0.782. The maximum Gasteiger partial charge on any atom is 0.251 e. The molecule has 0 radical (unpaired) electrons. The molecule has 2 fully saturated rings. The van der Waals surface area contributed by atoms with Crippen molar-refractivity contribution in [3.8, 4) is 0 Å². The molecule has 2 aliphatic heterocycles. The van der Waals surface area contributed by atoms with E-state index in [1.807, 2.05) is 0 Å². The van der Waals surface area contributed by atoms with E-state index < -0.39 is 23.9 Å². The second-order valence-corrected chi connectivity index (χ2v) is 5.87. The van der Waals surface area contributed by atoms with Gasteiger partial charge in [0, 0.05) is 25.2 Å². The minimum Gasteiger partial charge on any atom is -0.388 e. The summed E-state index contributed by atoms with van der Waals surface area (Å²) in [5.41, 5.74) is 0.230. The fourth-order valence-corrected chi connectivity index (χ4v) is 2.89. The van der Waals surface area contributed by atoms with E-state index in [-0.39, 0.29) is 18.3 Å². The van der Waals surface area contributed by atoms with Crippen molar-refractivity contribution in [1.82, 2.24) is 10.2 Å². The first-order valence-corrected chi connectivity index (χ1v) is 7.79. The van der Waals surface area contributed by atoms with Crippen molar-refractivity contribution in [3.63, 3.8) is 0 Å². The number of morpholine rings is 1. The summed E-state index contributed by atoms with van der Waals surface area (Å²) in [6.45, 7) is 3.85. The van der Waals surface area contributed by atoms with Crippen molar-refractivity contribution in [3.05, 3.63) is 35.6 Å². The van der Waals surface area contributed by atoms with Gasteiger partial charge < -0.3 is 19.9 Å². The van der Waals surface area contributed by atoms with Gasteiger partial charge in [-0.05, 0) is 18.2 Å². The highest BCUT2D eigenvalue weighted by molar-refractivity contribution is 5.94. The molecule has 1 aromatic rings. The first kappa shape index (κ1) is 16.3. The van der Waals surface area contributed by atoms with Gasteiger partial charge in [-0.3, -0.25) is 9.69 Å². The van der Waals surface area contributed by atoms with Crippen LogP contribution in [-0.2, 0) is 9.47 Å². The summed E-state index contributed by atoms with van der Waals surface area (Å²) in [6.07, 6.45) is -1.12. The summed E-state index contributed by atoms with van der Waals surface area (Å²) >= 11 is 0. The van der Waals surface area contributed by atoms with E-state index in [1.165, 1.54) is 24.3 Å². The molecule has 2 saturated heterocycles. The minimum absolute atomic E-state index is 0.230.